The van der Waals surface area contributed by atoms with Crippen molar-refractivity contribution in [3.63, 3.8) is 0 Å². The van der Waals surface area contributed by atoms with Crippen molar-refractivity contribution in [2.24, 2.45) is 0 Å². The number of carbonyl (C=O) groups is 1. The fraction of sp³-hybridized carbons (Fsp3) is 0.286. The zero-order valence-electron chi connectivity index (χ0n) is 15.3. The molecule has 0 saturated carbocycles. The molecule has 2 aromatic carbocycles. The van der Waals surface area contributed by atoms with E-state index in [1.165, 1.54) is 5.57 Å². The number of ether oxygens (including phenoxy) is 2. The van der Waals surface area contributed by atoms with Crippen molar-refractivity contribution in [2.75, 3.05) is 38.2 Å². The molecule has 7 heteroatoms. The minimum absolute atomic E-state index is 0.0705. The second-order valence-corrected chi connectivity index (χ2v) is 7.64. The summed E-state index contributed by atoms with van der Waals surface area (Å²) in [6, 6.07) is 10.8. The zero-order chi connectivity index (χ0) is 19.5. The standard InChI is InChI=1S/C21H21BrN2O4/c22-17-11-19-20(28-10-9-27-19)12-18(17)23-21(26)13-24-7-5-15(6-8-24)14-1-3-16(25)4-2-14/h1-5,11-12,25H,6-10,13H2,(H,23,26). The molecule has 0 radical (unpaired) electrons. The zero-order valence-corrected chi connectivity index (χ0v) is 16.9. The van der Waals surface area contributed by atoms with E-state index < -0.39 is 0 Å². The van der Waals surface area contributed by atoms with Gasteiger partial charge in [0.2, 0.25) is 5.91 Å². The van der Waals surface area contributed by atoms with E-state index in [1.807, 2.05) is 18.2 Å². The number of benzene rings is 2. The summed E-state index contributed by atoms with van der Waals surface area (Å²) in [5, 5.41) is 12.4. The number of hydrogen-bond donors (Lipinski definition) is 2. The number of carbonyl (C=O) groups excluding carboxylic acids is 1. The molecule has 2 N–H and O–H groups in total. The molecule has 28 heavy (non-hydrogen) atoms. The second-order valence-electron chi connectivity index (χ2n) is 6.79. The third-order valence-electron chi connectivity index (χ3n) is 4.80. The highest BCUT2D eigenvalue weighted by Crippen LogP contribution is 2.38. The number of nitrogens with one attached hydrogen (secondary N) is 1. The minimum atomic E-state index is -0.0705. The van der Waals surface area contributed by atoms with Crippen molar-refractivity contribution >= 4 is 33.1 Å². The lowest BCUT2D eigenvalue weighted by Crippen LogP contribution is -2.36. The van der Waals surface area contributed by atoms with Gasteiger partial charge in [0.25, 0.3) is 0 Å². The summed E-state index contributed by atoms with van der Waals surface area (Å²) in [5.41, 5.74) is 3.03. The van der Waals surface area contributed by atoms with Crippen molar-refractivity contribution in [3.8, 4) is 17.2 Å². The van der Waals surface area contributed by atoms with Crippen LogP contribution in [0.4, 0.5) is 5.69 Å². The van der Waals surface area contributed by atoms with Gasteiger partial charge in [-0.05, 0) is 45.6 Å². The SMILES string of the molecule is O=C(CN1CC=C(c2ccc(O)cc2)CC1)Nc1cc2c(cc1Br)OCCO2. The third-order valence-corrected chi connectivity index (χ3v) is 5.46. The Labute approximate surface area is 171 Å². The number of fused-ring (bicyclic) bond motifs is 1. The van der Waals surface area contributed by atoms with Gasteiger partial charge < -0.3 is 19.9 Å². The Morgan fingerprint density at radius 3 is 2.54 bits per heavy atom. The van der Waals surface area contributed by atoms with Crippen LogP contribution in [0.2, 0.25) is 0 Å². The van der Waals surface area contributed by atoms with E-state index >= 15 is 0 Å². The molecule has 0 bridgehead atoms. The maximum absolute atomic E-state index is 12.5. The lowest BCUT2D eigenvalue weighted by atomic mass is 9.99. The number of halogens is 1. The lowest BCUT2D eigenvalue weighted by Gasteiger charge is -2.26. The molecule has 0 atom stereocenters. The van der Waals surface area contributed by atoms with Crippen LogP contribution in [0.25, 0.3) is 5.57 Å². The number of phenolic OH excluding ortho intramolecular Hbond substituents is 1. The van der Waals surface area contributed by atoms with Gasteiger partial charge in [0.05, 0.1) is 12.2 Å². The van der Waals surface area contributed by atoms with Crippen molar-refractivity contribution in [1.29, 1.82) is 0 Å². The number of nitrogens with zero attached hydrogens (tertiary/aromatic N) is 1. The van der Waals surface area contributed by atoms with E-state index in [9.17, 15) is 9.90 Å². The molecule has 2 heterocycles. The van der Waals surface area contributed by atoms with Crippen molar-refractivity contribution < 1.29 is 19.4 Å². The maximum atomic E-state index is 12.5. The fourth-order valence-corrected chi connectivity index (χ4v) is 3.77. The Hall–Kier alpha value is -2.51. The molecule has 0 saturated heterocycles. The first kappa shape index (κ1) is 18.8. The molecular weight excluding hydrogens is 424 g/mol. The number of rotatable bonds is 4. The molecule has 0 unspecified atom stereocenters. The fourth-order valence-electron chi connectivity index (χ4n) is 3.35. The predicted molar refractivity (Wildman–Crippen MR) is 111 cm³/mol. The normalized spacial score (nSPS) is 16.4. The van der Waals surface area contributed by atoms with Crippen LogP contribution in [0.3, 0.4) is 0 Å². The number of amides is 1. The molecular formula is C21H21BrN2O4. The third kappa shape index (κ3) is 4.31. The molecule has 2 aliphatic rings. The molecule has 2 aliphatic heterocycles. The molecule has 0 aliphatic carbocycles. The van der Waals surface area contributed by atoms with Gasteiger partial charge in [-0.15, -0.1) is 0 Å². The van der Waals surface area contributed by atoms with E-state index in [2.05, 4.69) is 32.2 Å². The summed E-state index contributed by atoms with van der Waals surface area (Å²) in [5.74, 6) is 1.52. The van der Waals surface area contributed by atoms with Crippen molar-refractivity contribution in [3.05, 3.63) is 52.5 Å². The quantitative estimate of drug-likeness (QED) is 0.752. The van der Waals surface area contributed by atoms with Gasteiger partial charge in [-0.2, -0.15) is 0 Å². The average molecular weight is 445 g/mol. The topological polar surface area (TPSA) is 71.0 Å². The Kier molecular flexibility index (Phi) is 5.54. The minimum Gasteiger partial charge on any atom is -0.508 e. The van der Waals surface area contributed by atoms with E-state index in [0.29, 0.717) is 43.5 Å². The van der Waals surface area contributed by atoms with E-state index in [1.54, 1.807) is 18.2 Å². The van der Waals surface area contributed by atoms with Gasteiger partial charge in [-0.25, -0.2) is 0 Å². The van der Waals surface area contributed by atoms with Gasteiger partial charge in [0.1, 0.15) is 19.0 Å². The molecule has 146 valence electrons. The van der Waals surface area contributed by atoms with Crippen LogP contribution in [-0.2, 0) is 4.79 Å². The Bertz CT molecular complexity index is 911. The summed E-state index contributed by atoms with van der Waals surface area (Å²) >= 11 is 3.48. The first-order chi connectivity index (χ1) is 13.6. The highest BCUT2D eigenvalue weighted by Gasteiger charge is 2.19. The molecule has 6 nitrogen and oxygen atoms in total. The summed E-state index contributed by atoms with van der Waals surface area (Å²) in [6.07, 6.45) is 3.01. The van der Waals surface area contributed by atoms with Crippen LogP contribution in [0.15, 0.2) is 46.9 Å². The largest absolute Gasteiger partial charge is 0.508 e. The molecule has 1 amide bonds. The van der Waals surface area contributed by atoms with Gasteiger partial charge in [-0.3, -0.25) is 9.69 Å². The number of aromatic hydroxyl groups is 1. The van der Waals surface area contributed by atoms with Crippen LogP contribution < -0.4 is 14.8 Å². The highest BCUT2D eigenvalue weighted by atomic mass is 79.9. The predicted octanol–water partition coefficient (Wildman–Crippen LogP) is 3.65. The van der Waals surface area contributed by atoms with Gasteiger partial charge in [0.15, 0.2) is 11.5 Å². The summed E-state index contributed by atoms with van der Waals surface area (Å²) < 4.78 is 11.9. The van der Waals surface area contributed by atoms with E-state index in [4.69, 9.17) is 9.47 Å². The molecule has 4 rings (SSSR count). The number of hydrogen-bond acceptors (Lipinski definition) is 5. The molecule has 0 aromatic heterocycles. The van der Waals surface area contributed by atoms with E-state index in [-0.39, 0.29) is 11.7 Å². The number of phenols is 1. The van der Waals surface area contributed by atoms with E-state index in [0.717, 1.165) is 23.0 Å². The van der Waals surface area contributed by atoms with Gasteiger partial charge in [-0.1, -0.05) is 18.2 Å². The van der Waals surface area contributed by atoms with Crippen LogP contribution in [0, 0.1) is 0 Å². The Morgan fingerprint density at radius 2 is 1.86 bits per heavy atom. The van der Waals surface area contributed by atoms with Crippen LogP contribution in [0.5, 0.6) is 17.2 Å². The van der Waals surface area contributed by atoms with Crippen molar-refractivity contribution in [1.82, 2.24) is 4.90 Å². The molecule has 0 spiro atoms. The number of anilines is 1. The summed E-state index contributed by atoms with van der Waals surface area (Å²) in [6.45, 7) is 2.87. The van der Waals surface area contributed by atoms with Crippen LogP contribution in [-0.4, -0.2) is 48.8 Å². The smallest absolute Gasteiger partial charge is 0.238 e. The van der Waals surface area contributed by atoms with Crippen LogP contribution in [0.1, 0.15) is 12.0 Å². The summed E-state index contributed by atoms with van der Waals surface area (Å²) in [7, 11) is 0. The summed E-state index contributed by atoms with van der Waals surface area (Å²) in [4.78, 5) is 14.6. The highest BCUT2D eigenvalue weighted by molar-refractivity contribution is 9.10. The first-order valence-corrected chi connectivity index (χ1v) is 9.97. The van der Waals surface area contributed by atoms with Crippen molar-refractivity contribution in [2.45, 2.75) is 6.42 Å². The van der Waals surface area contributed by atoms with Gasteiger partial charge in [0, 0.05) is 29.7 Å². The van der Waals surface area contributed by atoms with Gasteiger partial charge >= 0.3 is 0 Å². The average Bonchev–Trinajstić information content (AvgIpc) is 2.70. The first-order valence-electron chi connectivity index (χ1n) is 9.18. The second kappa shape index (κ2) is 8.24. The molecule has 2 aromatic rings. The van der Waals surface area contributed by atoms with Crippen LogP contribution >= 0.6 is 15.9 Å². The Morgan fingerprint density at radius 1 is 1.14 bits per heavy atom. The monoisotopic (exact) mass is 444 g/mol. The Balaban J connectivity index is 1.35. The molecule has 0 fully saturated rings. The maximum Gasteiger partial charge on any atom is 0.238 e. The lowest BCUT2D eigenvalue weighted by molar-refractivity contribution is -0.117.